The van der Waals surface area contributed by atoms with Crippen molar-refractivity contribution in [1.29, 1.82) is 0 Å². The molecular weight excluding hydrogens is 324 g/mol. The molecule has 0 aliphatic rings. The van der Waals surface area contributed by atoms with E-state index in [1.54, 1.807) is 23.5 Å². The molecule has 1 heterocycles. The average Bonchev–Trinajstić information content (AvgIpc) is 2.94. The number of benzene rings is 1. The van der Waals surface area contributed by atoms with Crippen LogP contribution in [0.5, 0.6) is 0 Å². The van der Waals surface area contributed by atoms with Crippen molar-refractivity contribution in [3.05, 3.63) is 39.8 Å². The van der Waals surface area contributed by atoms with E-state index in [-0.39, 0.29) is 17.9 Å². The summed E-state index contributed by atoms with van der Waals surface area (Å²) in [6.07, 6.45) is 0. The number of hydrogen-bond donors (Lipinski definition) is 3. The van der Waals surface area contributed by atoms with E-state index in [2.05, 4.69) is 20.9 Å². The lowest BCUT2D eigenvalue weighted by molar-refractivity contribution is -0.114. The topological polar surface area (TPSA) is 83.1 Å². The first-order valence-electron chi connectivity index (χ1n) is 7.70. The molecule has 1 aromatic heterocycles. The van der Waals surface area contributed by atoms with Crippen molar-refractivity contribution < 1.29 is 9.59 Å². The second kappa shape index (κ2) is 7.92. The Kier molecular flexibility index (Phi) is 5.92. The molecule has 0 radical (unpaired) electrons. The molecule has 1 unspecified atom stereocenters. The van der Waals surface area contributed by atoms with Crippen LogP contribution in [0.25, 0.3) is 0 Å². The van der Waals surface area contributed by atoms with Gasteiger partial charge in [0.05, 0.1) is 5.01 Å². The van der Waals surface area contributed by atoms with Crippen LogP contribution in [0.3, 0.4) is 0 Å². The van der Waals surface area contributed by atoms with Crippen molar-refractivity contribution in [2.75, 3.05) is 17.2 Å². The Hall–Kier alpha value is -2.41. The van der Waals surface area contributed by atoms with Crippen LogP contribution in [0.4, 0.5) is 16.2 Å². The summed E-state index contributed by atoms with van der Waals surface area (Å²) in [7, 11) is 0. The lowest BCUT2D eigenvalue weighted by Gasteiger charge is -2.13. The second-order valence-corrected chi connectivity index (χ2v) is 6.66. The van der Waals surface area contributed by atoms with Gasteiger partial charge < -0.3 is 16.0 Å². The van der Waals surface area contributed by atoms with Crippen LogP contribution >= 0.6 is 11.3 Å². The van der Waals surface area contributed by atoms with E-state index in [0.717, 1.165) is 16.3 Å². The molecule has 0 aliphatic heterocycles. The molecule has 3 N–H and O–H groups in total. The van der Waals surface area contributed by atoms with Gasteiger partial charge in [-0.25, -0.2) is 9.78 Å². The minimum Gasteiger partial charge on any atom is -0.337 e. The number of rotatable bonds is 5. The quantitative estimate of drug-likeness (QED) is 0.773. The van der Waals surface area contributed by atoms with Crippen LogP contribution in [-0.4, -0.2) is 23.5 Å². The molecular formula is C17H22N4O2S. The molecule has 0 spiro atoms. The molecule has 1 atom stereocenters. The van der Waals surface area contributed by atoms with Crippen molar-refractivity contribution in [1.82, 2.24) is 10.3 Å². The molecule has 0 aliphatic carbocycles. The molecule has 2 rings (SSSR count). The predicted octanol–water partition coefficient (Wildman–Crippen LogP) is 3.64. The Balaban J connectivity index is 1.91. The fourth-order valence-electron chi connectivity index (χ4n) is 2.13. The molecule has 128 valence electrons. The maximum absolute atomic E-state index is 12.0. The fourth-order valence-corrected chi connectivity index (χ4v) is 2.99. The molecule has 6 nitrogen and oxygen atoms in total. The van der Waals surface area contributed by atoms with Gasteiger partial charge in [0.2, 0.25) is 5.91 Å². The third-order valence-corrected chi connectivity index (χ3v) is 4.63. The zero-order chi connectivity index (χ0) is 17.7. The summed E-state index contributed by atoms with van der Waals surface area (Å²) in [5.41, 5.74) is 3.24. The Morgan fingerprint density at radius 2 is 2.00 bits per heavy atom. The zero-order valence-electron chi connectivity index (χ0n) is 14.3. The number of carbonyl (C=O) groups is 2. The fraction of sp³-hybridized carbons (Fsp3) is 0.353. The van der Waals surface area contributed by atoms with Crippen LogP contribution in [0.1, 0.15) is 36.0 Å². The number of aryl methyl sites for hydroxylation is 2. The number of amides is 3. The van der Waals surface area contributed by atoms with E-state index in [1.807, 2.05) is 32.2 Å². The predicted molar refractivity (Wildman–Crippen MR) is 97.8 cm³/mol. The first kappa shape index (κ1) is 17.9. The summed E-state index contributed by atoms with van der Waals surface area (Å²) in [6, 6.07) is 5.10. The van der Waals surface area contributed by atoms with Crippen molar-refractivity contribution in [3.8, 4) is 0 Å². The maximum atomic E-state index is 12.0. The van der Waals surface area contributed by atoms with Crippen molar-refractivity contribution in [2.24, 2.45) is 0 Å². The van der Waals surface area contributed by atoms with E-state index < -0.39 is 0 Å². The Morgan fingerprint density at radius 1 is 1.25 bits per heavy atom. The smallest absolute Gasteiger partial charge is 0.319 e. The number of aromatic nitrogens is 1. The minimum atomic E-state index is -0.284. The highest BCUT2D eigenvalue weighted by atomic mass is 32.1. The van der Waals surface area contributed by atoms with Gasteiger partial charge in [0.15, 0.2) is 0 Å². The highest BCUT2D eigenvalue weighted by Crippen LogP contribution is 2.21. The standard InChI is InChI=1S/C17H22N4O2S/c1-10-5-6-14(7-15(10)20-13(4)22)21-17(23)18-8-11(2)16-19-12(3)9-24-16/h5-7,9,11H,8H2,1-4H3,(H,20,22)(H2,18,21,23). The first-order chi connectivity index (χ1) is 11.3. The summed E-state index contributed by atoms with van der Waals surface area (Å²) in [6.45, 7) is 7.83. The number of thiazole rings is 1. The van der Waals surface area contributed by atoms with Gasteiger partial charge in [0.1, 0.15) is 0 Å². The number of anilines is 2. The SMILES string of the molecule is CC(=O)Nc1cc(NC(=O)NCC(C)c2nc(C)cs2)ccc1C. The molecule has 0 saturated carbocycles. The largest absolute Gasteiger partial charge is 0.337 e. The number of carbonyl (C=O) groups excluding carboxylic acids is 2. The molecule has 0 bridgehead atoms. The second-order valence-electron chi connectivity index (χ2n) is 5.77. The van der Waals surface area contributed by atoms with Crippen LogP contribution in [0, 0.1) is 13.8 Å². The lowest BCUT2D eigenvalue weighted by Crippen LogP contribution is -2.31. The highest BCUT2D eigenvalue weighted by Gasteiger charge is 2.11. The van der Waals surface area contributed by atoms with E-state index in [1.165, 1.54) is 6.92 Å². The average molecular weight is 346 g/mol. The molecule has 2 aromatic rings. The zero-order valence-corrected chi connectivity index (χ0v) is 15.1. The number of urea groups is 1. The third-order valence-electron chi connectivity index (χ3n) is 3.43. The summed E-state index contributed by atoms with van der Waals surface area (Å²) in [5.74, 6) is 0.00896. The summed E-state index contributed by atoms with van der Waals surface area (Å²) >= 11 is 1.60. The van der Waals surface area contributed by atoms with Crippen molar-refractivity contribution >= 4 is 34.6 Å². The summed E-state index contributed by atoms with van der Waals surface area (Å²) < 4.78 is 0. The van der Waals surface area contributed by atoms with Gasteiger partial charge in [-0.15, -0.1) is 11.3 Å². The van der Waals surface area contributed by atoms with Gasteiger partial charge in [0, 0.05) is 41.8 Å². The first-order valence-corrected chi connectivity index (χ1v) is 8.58. The Morgan fingerprint density at radius 3 is 2.62 bits per heavy atom. The van der Waals surface area contributed by atoms with Crippen LogP contribution in [0.15, 0.2) is 23.6 Å². The van der Waals surface area contributed by atoms with Gasteiger partial charge in [-0.1, -0.05) is 13.0 Å². The summed E-state index contributed by atoms with van der Waals surface area (Å²) in [5, 5.41) is 11.4. The minimum absolute atomic E-state index is 0.146. The van der Waals surface area contributed by atoms with Crippen LogP contribution < -0.4 is 16.0 Å². The van der Waals surface area contributed by atoms with Gasteiger partial charge in [-0.05, 0) is 31.5 Å². The molecule has 24 heavy (non-hydrogen) atoms. The molecule has 0 saturated heterocycles. The highest BCUT2D eigenvalue weighted by molar-refractivity contribution is 7.09. The van der Waals surface area contributed by atoms with Gasteiger partial charge in [-0.2, -0.15) is 0 Å². The molecule has 0 fully saturated rings. The molecule has 1 aromatic carbocycles. The number of nitrogens with one attached hydrogen (secondary N) is 3. The van der Waals surface area contributed by atoms with Crippen LogP contribution in [0.2, 0.25) is 0 Å². The number of hydrogen-bond acceptors (Lipinski definition) is 4. The summed E-state index contributed by atoms with van der Waals surface area (Å²) in [4.78, 5) is 27.7. The van der Waals surface area contributed by atoms with E-state index in [4.69, 9.17) is 0 Å². The lowest BCUT2D eigenvalue weighted by atomic mass is 10.1. The normalized spacial score (nSPS) is 11.7. The van der Waals surface area contributed by atoms with Crippen LogP contribution in [-0.2, 0) is 4.79 Å². The van der Waals surface area contributed by atoms with E-state index in [9.17, 15) is 9.59 Å². The monoisotopic (exact) mass is 346 g/mol. The maximum Gasteiger partial charge on any atom is 0.319 e. The van der Waals surface area contributed by atoms with Crippen molar-refractivity contribution in [3.63, 3.8) is 0 Å². The van der Waals surface area contributed by atoms with Gasteiger partial charge in [-0.3, -0.25) is 4.79 Å². The van der Waals surface area contributed by atoms with Gasteiger partial charge >= 0.3 is 6.03 Å². The Labute approximate surface area is 145 Å². The molecule has 7 heteroatoms. The van der Waals surface area contributed by atoms with Gasteiger partial charge in [0.25, 0.3) is 0 Å². The number of nitrogens with zero attached hydrogens (tertiary/aromatic N) is 1. The van der Waals surface area contributed by atoms with E-state index in [0.29, 0.717) is 17.9 Å². The van der Waals surface area contributed by atoms with E-state index >= 15 is 0 Å². The molecule has 3 amide bonds. The van der Waals surface area contributed by atoms with Crippen molar-refractivity contribution in [2.45, 2.75) is 33.6 Å². The third kappa shape index (κ3) is 5.06. The Bertz CT molecular complexity index is 742.